The van der Waals surface area contributed by atoms with E-state index in [-0.39, 0.29) is 0 Å². The molecule has 0 heterocycles. The number of ether oxygens (including phenoxy) is 1. The molecule has 1 rings (SSSR count). The summed E-state index contributed by atoms with van der Waals surface area (Å²) in [5.41, 5.74) is 17.8. The Hall–Kier alpha value is -2.62. The minimum Gasteiger partial charge on any atom is -0.457 e. The van der Waals surface area contributed by atoms with Crippen LogP contribution in [0.1, 0.15) is 0 Å². The number of benzene rings is 1. The molecule has 1 aromatic rings. The first-order valence-electron chi connectivity index (χ1n) is 5.38. The van der Waals surface area contributed by atoms with Crippen LogP contribution in [0.25, 0.3) is 0 Å². The minimum atomic E-state index is 0.555. The molecular formula is C14H17N3O. The van der Waals surface area contributed by atoms with Gasteiger partial charge >= 0.3 is 0 Å². The summed E-state index contributed by atoms with van der Waals surface area (Å²) in [6.45, 7) is 3.63. The van der Waals surface area contributed by atoms with Gasteiger partial charge < -0.3 is 21.9 Å². The summed E-state index contributed by atoms with van der Waals surface area (Å²) >= 11 is 0. The smallest absolute Gasteiger partial charge is 0.136 e. The molecule has 1 aromatic carbocycles. The van der Waals surface area contributed by atoms with E-state index in [1.807, 2.05) is 0 Å². The number of anilines is 1. The molecule has 0 unspecified atom stereocenters. The van der Waals surface area contributed by atoms with Crippen LogP contribution in [-0.4, -0.2) is 0 Å². The molecule has 0 amide bonds. The summed E-state index contributed by atoms with van der Waals surface area (Å²) in [6.07, 6.45) is 7.76. The van der Waals surface area contributed by atoms with Crippen LogP contribution in [0, 0.1) is 0 Å². The third-order valence-corrected chi connectivity index (χ3v) is 2.12. The second kappa shape index (κ2) is 6.85. The molecule has 0 fully saturated rings. The average molecular weight is 243 g/mol. The third kappa shape index (κ3) is 3.75. The van der Waals surface area contributed by atoms with Crippen LogP contribution >= 0.6 is 0 Å². The fourth-order valence-corrected chi connectivity index (χ4v) is 1.28. The number of allylic oxidation sites excluding steroid dienone is 3. The number of hydrogen-bond donors (Lipinski definition) is 3. The van der Waals surface area contributed by atoms with Gasteiger partial charge in [-0.05, 0) is 42.6 Å². The lowest BCUT2D eigenvalue weighted by molar-refractivity contribution is 0.439. The molecule has 6 N–H and O–H groups in total. The number of nitrogens with two attached hydrogens (primary N) is 3. The summed E-state index contributed by atoms with van der Waals surface area (Å²) in [5.74, 6) is 1.21. The molecule has 0 saturated carbocycles. The van der Waals surface area contributed by atoms with Crippen molar-refractivity contribution in [3.05, 3.63) is 72.8 Å². The third-order valence-electron chi connectivity index (χ3n) is 2.12. The Morgan fingerprint density at radius 1 is 1.17 bits per heavy atom. The summed E-state index contributed by atoms with van der Waals surface area (Å²) in [4.78, 5) is 0. The van der Waals surface area contributed by atoms with Gasteiger partial charge in [-0.1, -0.05) is 12.7 Å². The van der Waals surface area contributed by atoms with Gasteiger partial charge in [0.1, 0.15) is 11.5 Å². The van der Waals surface area contributed by atoms with Crippen LogP contribution in [-0.2, 0) is 0 Å². The van der Waals surface area contributed by atoms with Gasteiger partial charge in [0, 0.05) is 17.5 Å². The van der Waals surface area contributed by atoms with E-state index < -0.39 is 0 Å². The van der Waals surface area contributed by atoms with Crippen molar-refractivity contribution < 1.29 is 4.74 Å². The predicted molar refractivity (Wildman–Crippen MR) is 75.4 cm³/mol. The first-order chi connectivity index (χ1) is 8.71. The zero-order valence-electron chi connectivity index (χ0n) is 10.0. The van der Waals surface area contributed by atoms with Crippen molar-refractivity contribution in [3.63, 3.8) is 0 Å². The Bertz CT molecular complexity index is 484. The van der Waals surface area contributed by atoms with Crippen molar-refractivity contribution in [2.24, 2.45) is 11.5 Å². The molecule has 4 nitrogen and oxygen atoms in total. The molecule has 0 aromatic heterocycles. The summed E-state index contributed by atoms with van der Waals surface area (Å²) in [7, 11) is 0. The van der Waals surface area contributed by atoms with Gasteiger partial charge in [-0.3, -0.25) is 0 Å². The van der Waals surface area contributed by atoms with E-state index in [2.05, 4.69) is 6.58 Å². The van der Waals surface area contributed by atoms with Crippen molar-refractivity contribution in [1.82, 2.24) is 0 Å². The van der Waals surface area contributed by atoms with Crippen molar-refractivity contribution in [1.29, 1.82) is 0 Å². The van der Waals surface area contributed by atoms with Gasteiger partial charge in [-0.25, -0.2) is 0 Å². The van der Waals surface area contributed by atoms with Gasteiger partial charge in [0.2, 0.25) is 0 Å². The Balaban J connectivity index is 2.97. The predicted octanol–water partition coefficient (Wildman–Crippen LogP) is 2.03. The maximum Gasteiger partial charge on any atom is 0.136 e. The van der Waals surface area contributed by atoms with Crippen LogP contribution in [0.2, 0.25) is 0 Å². The van der Waals surface area contributed by atoms with Crippen LogP contribution in [0.5, 0.6) is 5.75 Å². The second-order valence-corrected chi connectivity index (χ2v) is 3.42. The van der Waals surface area contributed by atoms with E-state index in [0.717, 1.165) is 0 Å². The Morgan fingerprint density at radius 3 is 2.33 bits per heavy atom. The molecule has 18 heavy (non-hydrogen) atoms. The number of hydrogen-bond acceptors (Lipinski definition) is 4. The topological polar surface area (TPSA) is 87.3 Å². The monoisotopic (exact) mass is 243 g/mol. The molecule has 0 bridgehead atoms. The lowest BCUT2D eigenvalue weighted by Crippen LogP contribution is -2.01. The molecule has 0 aliphatic rings. The second-order valence-electron chi connectivity index (χ2n) is 3.42. The Labute approximate surface area is 107 Å². The Kier molecular flexibility index (Phi) is 5.12. The van der Waals surface area contributed by atoms with Crippen molar-refractivity contribution in [2.75, 3.05) is 5.73 Å². The van der Waals surface area contributed by atoms with Gasteiger partial charge in [0.05, 0.1) is 0 Å². The van der Waals surface area contributed by atoms with Crippen molar-refractivity contribution in [2.45, 2.75) is 0 Å². The average Bonchev–Trinajstić information content (AvgIpc) is 2.38. The molecule has 0 radical (unpaired) electrons. The van der Waals surface area contributed by atoms with Gasteiger partial charge in [-0.15, -0.1) is 0 Å². The van der Waals surface area contributed by atoms with Gasteiger partial charge in [0.25, 0.3) is 0 Å². The van der Waals surface area contributed by atoms with Gasteiger partial charge in [-0.2, -0.15) is 0 Å². The zero-order valence-corrected chi connectivity index (χ0v) is 10.0. The van der Waals surface area contributed by atoms with Crippen LogP contribution < -0.4 is 21.9 Å². The highest BCUT2D eigenvalue weighted by atomic mass is 16.5. The maximum absolute atomic E-state index is 5.69. The van der Waals surface area contributed by atoms with E-state index in [4.69, 9.17) is 21.9 Å². The molecular weight excluding hydrogens is 226 g/mol. The Morgan fingerprint density at radius 2 is 1.83 bits per heavy atom. The van der Waals surface area contributed by atoms with E-state index in [0.29, 0.717) is 22.8 Å². The SMILES string of the molecule is C=C/C=C(/Oc1ccc(N)cc1)C(=CN)/C=C\N. The summed E-state index contributed by atoms with van der Waals surface area (Å²) in [6, 6.07) is 7.05. The zero-order chi connectivity index (χ0) is 13.4. The molecule has 0 spiro atoms. The highest BCUT2D eigenvalue weighted by Crippen LogP contribution is 2.20. The lowest BCUT2D eigenvalue weighted by atomic mass is 10.2. The fraction of sp³-hybridized carbons (Fsp3) is 0. The minimum absolute atomic E-state index is 0.555. The largest absolute Gasteiger partial charge is 0.457 e. The molecule has 4 heteroatoms. The number of rotatable bonds is 5. The van der Waals surface area contributed by atoms with E-state index in [9.17, 15) is 0 Å². The normalized spacial score (nSPS) is 12.7. The molecule has 0 aliphatic heterocycles. The van der Waals surface area contributed by atoms with Crippen molar-refractivity contribution >= 4 is 5.69 Å². The van der Waals surface area contributed by atoms with Crippen LogP contribution in [0.15, 0.2) is 72.8 Å². The van der Waals surface area contributed by atoms with Gasteiger partial charge in [0.15, 0.2) is 0 Å². The van der Waals surface area contributed by atoms with E-state index in [1.54, 1.807) is 42.5 Å². The maximum atomic E-state index is 5.69. The van der Waals surface area contributed by atoms with Crippen molar-refractivity contribution in [3.8, 4) is 5.75 Å². The first-order valence-corrected chi connectivity index (χ1v) is 5.38. The molecule has 0 aliphatic carbocycles. The summed E-state index contributed by atoms with van der Waals surface area (Å²) < 4.78 is 5.69. The fourth-order valence-electron chi connectivity index (χ4n) is 1.28. The van der Waals surface area contributed by atoms with E-state index in [1.165, 1.54) is 12.4 Å². The molecule has 94 valence electrons. The summed E-state index contributed by atoms with van der Waals surface area (Å²) in [5, 5.41) is 0. The molecule has 0 atom stereocenters. The standard InChI is InChI=1S/C14H17N3O/c1-2-3-14(11(10-16)8-9-15)18-13-6-4-12(17)5-7-13/h2-10H,1,15-17H2/b9-8-,11-10?,14-3+. The van der Waals surface area contributed by atoms with E-state index >= 15 is 0 Å². The lowest BCUT2D eigenvalue weighted by Gasteiger charge is -2.10. The quantitative estimate of drug-likeness (QED) is 0.419. The number of nitrogen functional groups attached to an aromatic ring is 1. The van der Waals surface area contributed by atoms with Crippen LogP contribution in [0.3, 0.4) is 0 Å². The first kappa shape index (κ1) is 13.4. The molecule has 0 saturated heterocycles. The highest BCUT2D eigenvalue weighted by molar-refractivity contribution is 5.44. The van der Waals surface area contributed by atoms with Crippen LogP contribution in [0.4, 0.5) is 5.69 Å². The highest BCUT2D eigenvalue weighted by Gasteiger charge is 2.04.